The molecule has 0 saturated carbocycles. The topological polar surface area (TPSA) is 323 Å². The molecular formula is C36H59N7O14. The Hall–Kier alpha value is -4.35. The lowest BCUT2D eigenvalue weighted by Gasteiger charge is -2.37. The average molecular weight is 814 g/mol. The molecule has 1 aliphatic rings. The molecule has 2 rings (SSSR count). The molecule has 0 aliphatic carbocycles. The van der Waals surface area contributed by atoms with Crippen molar-refractivity contribution in [3.8, 4) is 0 Å². The highest BCUT2D eigenvalue weighted by Crippen LogP contribution is 2.19. The number of aromatic nitrogens is 1. The second kappa shape index (κ2) is 25.8. The van der Waals surface area contributed by atoms with E-state index >= 15 is 0 Å². The van der Waals surface area contributed by atoms with E-state index < -0.39 is 85.3 Å². The predicted molar refractivity (Wildman–Crippen MR) is 200 cm³/mol. The summed E-state index contributed by atoms with van der Waals surface area (Å²) in [6, 6.07) is 1.14. The zero-order valence-electron chi connectivity index (χ0n) is 32.2. The van der Waals surface area contributed by atoms with E-state index in [1.807, 2.05) is 0 Å². The minimum Gasteiger partial charge on any atom is -0.480 e. The number of rotatable bonds is 24. The lowest BCUT2D eigenvalue weighted by atomic mass is 10.1. The number of aliphatic hydroxyl groups is 5. The number of nitrogens with zero attached hydrogens (tertiary/aromatic N) is 4. The predicted octanol–water partition coefficient (Wildman–Crippen LogP) is -3.47. The van der Waals surface area contributed by atoms with Crippen LogP contribution in [0.1, 0.15) is 63.3 Å². The van der Waals surface area contributed by atoms with Gasteiger partial charge in [0.25, 0.3) is 0 Å². The van der Waals surface area contributed by atoms with Gasteiger partial charge in [-0.3, -0.25) is 48.5 Å². The Kier molecular flexibility index (Phi) is 22.1. The fourth-order valence-corrected chi connectivity index (χ4v) is 6.17. The number of carboxylic acids is 3. The van der Waals surface area contributed by atoms with Crippen molar-refractivity contribution in [3.05, 3.63) is 29.6 Å². The van der Waals surface area contributed by atoms with Crippen LogP contribution in [0.5, 0.6) is 0 Å². The monoisotopic (exact) mass is 813 g/mol. The van der Waals surface area contributed by atoms with E-state index in [1.165, 1.54) is 9.80 Å². The molecular weight excluding hydrogens is 754 g/mol. The van der Waals surface area contributed by atoms with Crippen LogP contribution in [-0.4, -0.2) is 192 Å². The fourth-order valence-electron chi connectivity index (χ4n) is 6.17. The molecule has 2 heterocycles. The summed E-state index contributed by atoms with van der Waals surface area (Å²) in [7, 11) is 0. The van der Waals surface area contributed by atoms with Gasteiger partial charge in [0.05, 0.1) is 42.9 Å². The number of aliphatic hydroxyl groups excluding tert-OH is 5. The number of carbonyl (C=O) groups is 6. The Labute approximate surface area is 330 Å². The zero-order chi connectivity index (χ0) is 42.5. The van der Waals surface area contributed by atoms with E-state index in [0.717, 1.165) is 0 Å². The Morgan fingerprint density at radius 1 is 0.596 bits per heavy atom. The highest BCUT2D eigenvalue weighted by Gasteiger charge is 2.33. The van der Waals surface area contributed by atoms with Gasteiger partial charge in [-0.1, -0.05) is 13.0 Å². The largest absolute Gasteiger partial charge is 0.480 e. The second-order valence-corrected chi connectivity index (χ2v) is 13.9. The van der Waals surface area contributed by atoms with Gasteiger partial charge in [-0.15, -0.1) is 0 Å². The maximum absolute atomic E-state index is 12.8. The van der Waals surface area contributed by atoms with Gasteiger partial charge < -0.3 is 56.8 Å². The Balaban J connectivity index is 2.49. The lowest BCUT2D eigenvalue weighted by Crippen LogP contribution is -2.52. The maximum Gasteiger partial charge on any atom is 0.320 e. The number of hydrogen-bond donors (Lipinski definition) is 11. The SMILES string of the molecule is CCC(O)CNC(=O)CC[C@H](C(=O)O)N1CCN([C@H](CCC(=O)NCC(O)CO)C(=O)O)CCN([C@H](CCC(=O)NCC(O)CO)C(=O)O)Cc2cccc(n2)C1. The van der Waals surface area contributed by atoms with E-state index in [-0.39, 0.29) is 97.4 Å². The number of pyridine rings is 1. The summed E-state index contributed by atoms with van der Waals surface area (Å²) >= 11 is 0. The van der Waals surface area contributed by atoms with Crippen LogP contribution in [0, 0.1) is 0 Å². The summed E-state index contributed by atoms with van der Waals surface area (Å²) < 4.78 is 0. The molecule has 0 spiro atoms. The summed E-state index contributed by atoms with van der Waals surface area (Å²) in [5, 5.41) is 85.6. The summed E-state index contributed by atoms with van der Waals surface area (Å²) in [6.07, 6.45) is -4.07. The van der Waals surface area contributed by atoms with Crippen molar-refractivity contribution in [1.29, 1.82) is 0 Å². The first-order chi connectivity index (χ1) is 27.1. The molecule has 3 unspecified atom stereocenters. The van der Waals surface area contributed by atoms with Crippen molar-refractivity contribution < 1.29 is 69.6 Å². The molecule has 6 atom stereocenters. The lowest BCUT2D eigenvalue weighted by molar-refractivity contribution is -0.147. The number of amides is 3. The zero-order valence-corrected chi connectivity index (χ0v) is 32.2. The van der Waals surface area contributed by atoms with E-state index in [9.17, 15) is 59.4 Å². The van der Waals surface area contributed by atoms with Gasteiger partial charge in [0, 0.05) is 78.2 Å². The van der Waals surface area contributed by atoms with Crippen LogP contribution >= 0.6 is 0 Å². The number of aliphatic carboxylic acids is 3. The van der Waals surface area contributed by atoms with E-state index in [1.54, 1.807) is 30.0 Å². The van der Waals surface area contributed by atoms with Crippen molar-refractivity contribution in [2.45, 2.75) is 101 Å². The number of hydrogen-bond acceptors (Lipinski definition) is 15. The van der Waals surface area contributed by atoms with Crippen LogP contribution in [0.25, 0.3) is 0 Å². The molecule has 1 aromatic heterocycles. The van der Waals surface area contributed by atoms with Crippen molar-refractivity contribution >= 4 is 35.6 Å². The smallest absolute Gasteiger partial charge is 0.320 e. The molecule has 1 aliphatic heterocycles. The van der Waals surface area contributed by atoms with Crippen LogP contribution in [0.3, 0.4) is 0 Å². The van der Waals surface area contributed by atoms with Crippen molar-refractivity contribution in [2.24, 2.45) is 0 Å². The van der Waals surface area contributed by atoms with Gasteiger partial charge in [0.1, 0.15) is 18.1 Å². The van der Waals surface area contributed by atoms with Crippen LogP contribution in [0.15, 0.2) is 18.2 Å². The highest BCUT2D eigenvalue weighted by molar-refractivity contribution is 5.80. The van der Waals surface area contributed by atoms with Crippen molar-refractivity contribution in [3.63, 3.8) is 0 Å². The molecule has 0 saturated heterocycles. The third-order valence-electron chi connectivity index (χ3n) is 9.55. The molecule has 0 fully saturated rings. The molecule has 0 aromatic carbocycles. The molecule has 1 aromatic rings. The molecule has 3 amide bonds. The van der Waals surface area contributed by atoms with E-state index in [0.29, 0.717) is 17.8 Å². The molecule has 21 nitrogen and oxygen atoms in total. The number of fused-ring (bicyclic) bond motifs is 2. The van der Waals surface area contributed by atoms with Gasteiger partial charge in [0.2, 0.25) is 17.7 Å². The standard InChI is InChI=1S/C36H59N7O14/c1-2-25(46)16-37-31(49)10-7-29(35(54)55)42-14-12-41(28(34(52)53)6-9-32(50)38-17-26(47)21-44)13-15-43(20-24-5-3-4-23(19-42)40-24)30(36(56)57)8-11-33(51)39-18-27(48)22-45/h3-5,25-30,44-48H,2,6-22H2,1H3,(H,37,49)(H,38,50)(H,39,51)(H,52,53)(H,54,55)(H,56,57)/t25?,26?,27?,28-,29-,30-/m1/s1. The molecule has 21 heteroatoms. The Bertz CT molecular complexity index is 1380. The quantitative estimate of drug-likeness (QED) is 0.0483. The van der Waals surface area contributed by atoms with Gasteiger partial charge in [-0.2, -0.15) is 0 Å². The first-order valence-corrected chi connectivity index (χ1v) is 19.0. The summed E-state index contributed by atoms with van der Waals surface area (Å²) in [5.74, 6) is -5.45. The average Bonchev–Trinajstić information content (AvgIpc) is 3.17. The molecule has 0 radical (unpaired) electrons. The minimum absolute atomic E-state index is 0.000780. The van der Waals surface area contributed by atoms with Crippen LogP contribution in [0.2, 0.25) is 0 Å². The number of carboxylic acid groups (broad SMARTS) is 3. The first kappa shape index (κ1) is 48.8. The van der Waals surface area contributed by atoms with Crippen LogP contribution < -0.4 is 16.0 Å². The summed E-state index contributed by atoms with van der Waals surface area (Å²) in [4.78, 5) is 85.1. The van der Waals surface area contributed by atoms with Gasteiger partial charge in [0.15, 0.2) is 0 Å². The van der Waals surface area contributed by atoms with Gasteiger partial charge in [-0.25, -0.2) is 0 Å². The number of carbonyl (C=O) groups excluding carboxylic acids is 3. The maximum atomic E-state index is 12.8. The highest BCUT2D eigenvalue weighted by atomic mass is 16.4. The van der Waals surface area contributed by atoms with Crippen molar-refractivity contribution in [2.75, 3.05) is 59.0 Å². The molecule has 57 heavy (non-hydrogen) atoms. The molecule has 11 N–H and O–H groups in total. The van der Waals surface area contributed by atoms with Crippen molar-refractivity contribution in [1.82, 2.24) is 35.6 Å². The third-order valence-corrected chi connectivity index (χ3v) is 9.55. The minimum atomic E-state index is -1.33. The van der Waals surface area contributed by atoms with Gasteiger partial charge in [-0.05, 0) is 37.8 Å². The van der Waals surface area contributed by atoms with Gasteiger partial charge >= 0.3 is 17.9 Å². The Morgan fingerprint density at radius 2 is 0.930 bits per heavy atom. The van der Waals surface area contributed by atoms with Crippen LogP contribution in [-0.2, 0) is 41.9 Å². The Morgan fingerprint density at radius 3 is 1.26 bits per heavy atom. The number of nitrogens with one attached hydrogen (secondary N) is 3. The molecule has 2 bridgehead atoms. The fraction of sp³-hybridized carbons (Fsp3) is 0.694. The second-order valence-electron chi connectivity index (χ2n) is 13.9. The van der Waals surface area contributed by atoms with Crippen LogP contribution in [0.4, 0.5) is 0 Å². The van der Waals surface area contributed by atoms with E-state index in [4.69, 9.17) is 10.2 Å². The van der Waals surface area contributed by atoms with E-state index in [2.05, 4.69) is 20.9 Å². The normalized spacial score (nSPS) is 17.7. The first-order valence-electron chi connectivity index (χ1n) is 19.0. The third kappa shape index (κ3) is 18.2. The molecule has 322 valence electrons. The summed E-state index contributed by atoms with van der Waals surface area (Å²) in [5.41, 5.74) is 0.810. The summed E-state index contributed by atoms with van der Waals surface area (Å²) in [6.45, 7) is -0.360.